The molecule has 0 atom stereocenters. The minimum Gasteiger partial charge on any atom is -0.103 e. The lowest BCUT2D eigenvalue weighted by molar-refractivity contribution is 0.648. The molecule has 0 aromatic heterocycles. The van der Waals surface area contributed by atoms with E-state index in [1.54, 1.807) is 0 Å². The Morgan fingerprint density at radius 1 is 0.500 bits per heavy atom. The highest BCUT2D eigenvalue weighted by Crippen LogP contribution is 2.48. The molecular formula is C32H26. The van der Waals surface area contributed by atoms with Crippen LogP contribution in [-0.4, -0.2) is 0 Å². The Morgan fingerprint density at radius 3 is 1.56 bits per heavy atom. The van der Waals surface area contributed by atoms with Crippen LogP contribution in [0.4, 0.5) is 0 Å². The van der Waals surface area contributed by atoms with Crippen LogP contribution in [0.15, 0.2) is 79.4 Å². The molecule has 32 heavy (non-hydrogen) atoms. The Labute approximate surface area is 188 Å². The first kappa shape index (κ1) is 18.2. The number of hydrogen-bond donors (Lipinski definition) is 0. The van der Waals surface area contributed by atoms with Crippen molar-refractivity contribution in [3.05, 3.63) is 84.9 Å². The van der Waals surface area contributed by atoms with Gasteiger partial charge >= 0.3 is 0 Å². The summed E-state index contributed by atoms with van der Waals surface area (Å²) >= 11 is 0. The van der Waals surface area contributed by atoms with Crippen molar-refractivity contribution in [1.82, 2.24) is 0 Å². The molecule has 0 nitrogen and oxygen atoms in total. The topological polar surface area (TPSA) is 0 Å². The minimum absolute atomic E-state index is 1.14. The van der Waals surface area contributed by atoms with Gasteiger partial charge in [0.1, 0.15) is 0 Å². The largest absolute Gasteiger partial charge is 0.103 e. The predicted octanol–water partition coefficient (Wildman–Crippen LogP) is 9.60. The lowest BCUT2D eigenvalue weighted by Crippen LogP contribution is -1.96. The van der Waals surface area contributed by atoms with Crippen LogP contribution in [0.2, 0.25) is 0 Å². The second kappa shape index (κ2) is 6.81. The zero-order chi connectivity index (χ0) is 21.2. The third-order valence-electron chi connectivity index (χ3n) is 7.69. The van der Waals surface area contributed by atoms with E-state index in [9.17, 15) is 0 Å². The fraction of sp³-hybridized carbons (Fsp3) is 0.188. The van der Waals surface area contributed by atoms with Gasteiger partial charge in [-0.2, -0.15) is 0 Å². The van der Waals surface area contributed by atoms with Crippen molar-refractivity contribution < 1.29 is 0 Å². The molecule has 7 rings (SSSR count). The zero-order valence-corrected chi connectivity index (χ0v) is 18.4. The van der Waals surface area contributed by atoms with Crippen LogP contribution in [-0.2, 0) is 6.42 Å². The molecule has 7 aromatic rings. The Hall–Kier alpha value is -3.38. The fourth-order valence-corrected chi connectivity index (χ4v) is 6.23. The van der Waals surface area contributed by atoms with Gasteiger partial charge in [0.05, 0.1) is 0 Å². The number of unbranched alkanes of at least 4 members (excludes halogenated alkanes) is 4. The van der Waals surface area contributed by atoms with E-state index in [1.165, 1.54) is 95.9 Å². The molecule has 0 aliphatic heterocycles. The van der Waals surface area contributed by atoms with Crippen LogP contribution in [0.3, 0.4) is 0 Å². The Balaban J connectivity index is 1.54. The summed E-state index contributed by atoms with van der Waals surface area (Å²) in [5.41, 5.74) is 1.51. The number of allylic oxidation sites excluding steroid dienone is 1. The molecule has 0 saturated heterocycles. The summed E-state index contributed by atoms with van der Waals surface area (Å²) in [7, 11) is 0. The monoisotopic (exact) mass is 410 g/mol. The summed E-state index contributed by atoms with van der Waals surface area (Å²) < 4.78 is 0. The van der Waals surface area contributed by atoms with Gasteiger partial charge in [-0.3, -0.25) is 0 Å². The molecule has 0 spiro atoms. The lowest BCUT2D eigenvalue weighted by Gasteiger charge is -2.22. The van der Waals surface area contributed by atoms with Crippen LogP contribution in [0.25, 0.3) is 64.6 Å². The van der Waals surface area contributed by atoms with E-state index in [0.29, 0.717) is 0 Å². The number of rotatable bonds is 7. The van der Waals surface area contributed by atoms with Gasteiger partial charge in [-0.15, -0.1) is 6.58 Å². The van der Waals surface area contributed by atoms with Gasteiger partial charge in [0.2, 0.25) is 0 Å². The van der Waals surface area contributed by atoms with Crippen LogP contribution in [0.1, 0.15) is 37.7 Å². The number of aryl methyl sites for hydroxylation is 1. The van der Waals surface area contributed by atoms with Gasteiger partial charge < -0.3 is 0 Å². The fourth-order valence-electron chi connectivity index (χ4n) is 6.23. The van der Waals surface area contributed by atoms with Crippen molar-refractivity contribution in [2.24, 2.45) is 0 Å². The molecule has 0 saturated carbocycles. The second-order valence-corrected chi connectivity index (χ2v) is 9.52. The average Bonchev–Trinajstić information content (AvgIpc) is 2.84. The van der Waals surface area contributed by atoms with Gasteiger partial charge in [0, 0.05) is 0 Å². The van der Waals surface area contributed by atoms with Crippen LogP contribution >= 0.6 is 0 Å². The van der Waals surface area contributed by atoms with E-state index in [-0.39, 0.29) is 0 Å². The van der Waals surface area contributed by atoms with E-state index in [2.05, 4.69) is 73.3 Å². The van der Waals surface area contributed by atoms with E-state index in [0.717, 1.165) is 12.8 Å². The maximum atomic E-state index is 3.85. The molecule has 0 N–H and O–H groups in total. The molecule has 0 amide bonds. The molecule has 0 fully saturated rings. The maximum absolute atomic E-state index is 3.85. The van der Waals surface area contributed by atoms with Gasteiger partial charge in [-0.05, 0) is 95.9 Å². The zero-order valence-electron chi connectivity index (χ0n) is 18.4. The van der Waals surface area contributed by atoms with Crippen molar-refractivity contribution in [3.63, 3.8) is 0 Å². The van der Waals surface area contributed by atoms with Crippen molar-refractivity contribution in [1.29, 1.82) is 0 Å². The number of benzene rings is 7. The molecule has 0 aliphatic carbocycles. The summed E-state index contributed by atoms with van der Waals surface area (Å²) in [4.78, 5) is 0. The second-order valence-electron chi connectivity index (χ2n) is 9.52. The standard InChI is InChI=1S/C32H26/c1-2-3-4-5-6-7-8-24-19-25-16-15-22-12-10-20-9-11-21-13-14-23-17-18-26(24)32-30(23)28(21)27(20)29(22)31(25)32/h2,9-19H,1,3-8H2. The van der Waals surface area contributed by atoms with E-state index in [4.69, 9.17) is 0 Å². The van der Waals surface area contributed by atoms with Crippen molar-refractivity contribution in [2.75, 3.05) is 0 Å². The van der Waals surface area contributed by atoms with Gasteiger partial charge in [-0.1, -0.05) is 85.6 Å². The van der Waals surface area contributed by atoms with Crippen molar-refractivity contribution >= 4 is 64.6 Å². The smallest absolute Gasteiger partial charge is 0.00111 e. The van der Waals surface area contributed by atoms with E-state index >= 15 is 0 Å². The Kier molecular flexibility index (Phi) is 3.88. The maximum Gasteiger partial charge on any atom is -0.00111 e. The highest BCUT2D eigenvalue weighted by Gasteiger charge is 2.21. The van der Waals surface area contributed by atoms with E-state index < -0.39 is 0 Å². The first-order valence-electron chi connectivity index (χ1n) is 12.1. The molecule has 0 heteroatoms. The molecule has 7 aromatic carbocycles. The molecule has 0 radical (unpaired) electrons. The third kappa shape index (κ3) is 2.38. The highest BCUT2D eigenvalue weighted by molar-refractivity contribution is 6.44. The van der Waals surface area contributed by atoms with Crippen molar-refractivity contribution in [3.8, 4) is 0 Å². The Bertz CT molecular complexity index is 1680. The summed E-state index contributed by atoms with van der Waals surface area (Å²) in [5.74, 6) is 0. The molecular weight excluding hydrogens is 384 g/mol. The summed E-state index contributed by atoms with van der Waals surface area (Å²) in [6.45, 7) is 3.85. The molecule has 154 valence electrons. The van der Waals surface area contributed by atoms with Crippen LogP contribution < -0.4 is 0 Å². The van der Waals surface area contributed by atoms with Crippen LogP contribution in [0.5, 0.6) is 0 Å². The SMILES string of the molecule is C=CCCCCCCc1cc2ccc3ccc4ccc5ccc6ccc1c1c6c5c4c3c21. The van der Waals surface area contributed by atoms with Gasteiger partial charge in [0.25, 0.3) is 0 Å². The predicted molar refractivity (Wildman–Crippen MR) is 142 cm³/mol. The molecule has 0 aliphatic rings. The minimum atomic E-state index is 1.14. The lowest BCUT2D eigenvalue weighted by atomic mass is 9.81. The molecule has 0 bridgehead atoms. The van der Waals surface area contributed by atoms with E-state index in [1.807, 2.05) is 6.08 Å². The summed E-state index contributed by atoms with van der Waals surface area (Å²) in [5, 5.41) is 17.1. The summed E-state index contributed by atoms with van der Waals surface area (Å²) in [6.07, 6.45) is 9.47. The van der Waals surface area contributed by atoms with Gasteiger partial charge in [0.15, 0.2) is 0 Å². The van der Waals surface area contributed by atoms with Gasteiger partial charge in [-0.25, -0.2) is 0 Å². The summed E-state index contributed by atoms with van der Waals surface area (Å²) in [6, 6.07) is 25.7. The third-order valence-corrected chi connectivity index (χ3v) is 7.69. The normalized spacial score (nSPS) is 12.6. The Morgan fingerprint density at radius 2 is 0.969 bits per heavy atom. The first-order valence-corrected chi connectivity index (χ1v) is 12.1. The molecule has 0 heterocycles. The quantitative estimate of drug-likeness (QED) is 0.106. The molecule has 0 unspecified atom stereocenters. The highest BCUT2D eigenvalue weighted by atomic mass is 14.2. The first-order chi connectivity index (χ1) is 15.8. The number of hydrogen-bond acceptors (Lipinski definition) is 0. The van der Waals surface area contributed by atoms with Crippen LogP contribution in [0, 0.1) is 0 Å². The van der Waals surface area contributed by atoms with Crippen molar-refractivity contribution in [2.45, 2.75) is 38.5 Å². The average molecular weight is 411 g/mol.